The van der Waals surface area contributed by atoms with E-state index in [1.165, 1.54) is 13.1 Å². The molecule has 1 aromatic heterocycles. The number of hydrogen-bond donors (Lipinski definition) is 2. The minimum Gasteiger partial charge on any atom is -0.497 e. The lowest BCUT2D eigenvalue weighted by Gasteiger charge is -2.07. The molecule has 8 heteroatoms. The van der Waals surface area contributed by atoms with Crippen LogP contribution >= 0.6 is 11.6 Å². The Balaban J connectivity index is 1.77. The van der Waals surface area contributed by atoms with Gasteiger partial charge in [0.1, 0.15) is 5.75 Å². The second-order valence-corrected chi connectivity index (χ2v) is 5.98. The fourth-order valence-electron chi connectivity index (χ4n) is 2.43. The number of hydrogen-bond acceptors (Lipinski definition) is 4. The van der Waals surface area contributed by atoms with Crippen LogP contribution in [0.1, 0.15) is 20.8 Å². The first-order valence-corrected chi connectivity index (χ1v) is 8.42. The smallest absolute Gasteiger partial charge is 0.276 e. The Hall–Kier alpha value is -3.32. The van der Waals surface area contributed by atoms with Crippen LogP contribution in [0.5, 0.6) is 5.75 Å². The van der Waals surface area contributed by atoms with Gasteiger partial charge in [-0.2, -0.15) is 5.10 Å². The Morgan fingerprint density at radius 1 is 1.07 bits per heavy atom. The summed E-state index contributed by atoms with van der Waals surface area (Å²) < 4.78 is 6.72. The number of anilines is 1. The molecular formula is C19H17ClN4O3. The highest BCUT2D eigenvalue weighted by Crippen LogP contribution is 2.21. The van der Waals surface area contributed by atoms with E-state index < -0.39 is 5.91 Å². The van der Waals surface area contributed by atoms with E-state index in [9.17, 15) is 9.59 Å². The monoisotopic (exact) mass is 384 g/mol. The molecule has 0 saturated heterocycles. The van der Waals surface area contributed by atoms with Crippen molar-refractivity contribution >= 4 is 29.1 Å². The first kappa shape index (κ1) is 18.5. The van der Waals surface area contributed by atoms with Gasteiger partial charge in [-0.3, -0.25) is 9.59 Å². The maximum absolute atomic E-state index is 12.5. The third-order valence-electron chi connectivity index (χ3n) is 3.85. The number of carbonyl (C=O) groups is 2. The number of halogens is 1. The SMILES string of the molecule is CNC(=O)c1cc(NC(=O)c2ccn(-c3ccc(OC)cc3)n2)ccc1Cl. The number of nitrogens with zero attached hydrogens (tertiary/aromatic N) is 2. The van der Waals surface area contributed by atoms with Crippen LogP contribution in [-0.4, -0.2) is 35.8 Å². The molecule has 1 heterocycles. The molecule has 0 aliphatic heterocycles. The highest BCUT2D eigenvalue weighted by atomic mass is 35.5. The number of ether oxygens (including phenoxy) is 1. The summed E-state index contributed by atoms with van der Waals surface area (Å²) in [5.41, 5.74) is 1.76. The second-order valence-electron chi connectivity index (χ2n) is 5.57. The van der Waals surface area contributed by atoms with Crippen LogP contribution in [0, 0.1) is 0 Å². The van der Waals surface area contributed by atoms with Gasteiger partial charge in [0, 0.05) is 18.9 Å². The topological polar surface area (TPSA) is 85.2 Å². The summed E-state index contributed by atoms with van der Waals surface area (Å²) in [5, 5.41) is 9.80. The first-order chi connectivity index (χ1) is 13.0. The van der Waals surface area contributed by atoms with Crippen LogP contribution in [0.2, 0.25) is 5.02 Å². The normalized spacial score (nSPS) is 10.3. The predicted octanol–water partition coefficient (Wildman–Crippen LogP) is 3.15. The molecule has 2 aromatic carbocycles. The number of methoxy groups -OCH3 is 1. The molecule has 2 amide bonds. The van der Waals surface area contributed by atoms with Crippen molar-refractivity contribution in [3.05, 3.63) is 71.0 Å². The Morgan fingerprint density at radius 3 is 2.48 bits per heavy atom. The third kappa shape index (κ3) is 4.09. The lowest BCUT2D eigenvalue weighted by Crippen LogP contribution is -2.19. The Bertz CT molecular complexity index is 983. The van der Waals surface area contributed by atoms with Crippen molar-refractivity contribution in [1.29, 1.82) is 0 Å². The molecule has 0 atom stereocenters. The Kier molecular flexibility index (Phi) is 5.42. The van der Waals surface area contributed by atoms with Crippen molar-refractivity contribution in [2.75, 3.05) is 19.5 Å². The third-order valence-corrected chi connectivity index (χ3v) is 4.18. The molecule has 27 heavy (non-hydrogen) atoms. The van der Waals surface area contributed by atoms with Gasteiger partial charge in [0.15, 0.2) is 5.69 Å². The zero-order chi connectivity index (χ0) is 19.4. The predicted molar refractivity (Wildman–Crippen MR) is 103 cm³/mol. The number of aromatic nitrogens is 2. The molecule has 3 rings (SSSR count). The molecular weight excluding hydrogens is 368 g/mol. The summed E-state index contributed by atoms with van der Waals surface area (Å²) in [6.45, 7) is 0. The molecule has 0 aliphatic rings. The average Bonchev–Trinajstić information content (AvgIpc) is 3.19. The number of amides is 2. The van der Waals surface area contributed by atoms with Crippen molar-refractivity contribution in [3.8, 4) is 11.4 Å². The first-order valence-electron chi connectivity index (χ1n) is 8.05. The van der Waals surface area contributed by atoms with Crippen LogP contribution < -0.4 is 15.4 Å². The molecule has 2 N–H and O–H groups in total. The molecule has 3 aromatic rings. The minimum atomic E-state index is -0.396. The van der Waals surface area contributed by atoms with Crippen LogP contribution in [0.4, 0.5) is 5.69 Å². The van der Waals surface area contributed by atoms with Gasteiger partial charge in [0.25, 0.3) is 11.8 Å². The molecule has 138 valence electrons. The van der Waals surface area contributed by atoms with Gasteiger partial charge < -0.3 is 15.4 Å². The summed E-state index contributed by atoms with van der Waals surface area (Å²) in [5.74, 6) is 0.00542. The molecule has 0 spiro atoms. The van der Waals surface area contributed by atoms with E-state index in [0.717, 1.165) is 11.4 Å². The summed E-state index contributed by atoms with van der Waals surface area (Å²) in [4.78, 5) is 24.3. The van der Waals surface area contributed by atoms with Gasteiger partial charge in [-0.25, -0.2) is 4.68 Å². The van der Waals surface area contributed by atoms with Crippen LogP contribution in [0.3, 0.4) is 0 Å². The molecule has 0 saturated carbocycles. The van der Waals surface area contributed by atoms with E-state index >= 15 is 0 Å². The van der Waals surface area contributed by atoms with E-state index in [4.69, 9.17) is 16.3 Å². The van der Waals surface area contributed by atoms with Crippen molar-refractivity contribution in [1.82, 2.24) is 15.1 Å². The molecule has 0 radical (unpaired) electrons. The largest absolute Gasteiger partial charge is 0.497 e. The summed E-state index contributed by atoms with van der Waals surface area (Å²) >= 11 is 6.02. The van der Waals surface area contributed by atoms with Crippen LogP contribution in [0.25, 0.3) is 5.69 Å². The molecule has 0 bridgehead atoms. The maximum Gasteiger partial charge on any atom is 0.276 e. The fourth-order valence-corrected chi connectivity index (χ4v) is 2.63. The number of rotatable bonds is 5. The summed E-state index contributed by atoms with van der Waals surface area (Å²) in [6.07, 6.45) is 1.69. The fraction of sp³-hybridized carbons (Fsp3) is 0.105. The maximum atomic E-state index is 12.5. The lowest BCUT2D eigenvalue weighted by atomic mass is 10.2. The van der Waals surface area contributed by atoms with Crippen LogP contribution in [0.15, 0.2) is 54.7 Å². The van der Waals surface area contributed by atoms with Crippen molar-refractivity contribution in [2.24, 2.45) is 0 Å². The zero-order valence-electron chi connectivity index (χ0n) is 14.7. The number of carbonyl (C=O) groups excluding carboxylic acids is 2. The second kappa shape index (κ2) is 7.92. The Labute approximate surface area is 160 Å². The average molecular weight is 385 g/mol. The molecule has 0 fully saturated rings. The minimum absolute atomic E-state index is 0.238. The van der Waals surface area contributed by atoms with Crippen molar-refractivity contribution < 1.29 is 14.3 Å². The van der Waals surface area contributed by atoms with Gasteiger partial charge >= 0.3 is 0 Å². The number of nitrogens with one attached hydrogen (secondary N) is 2. The van der Waals surface area contributed by atoms with Gasteiger partial charge in [-0.05, 0) is 48.5 Å². The van der Waals surface area contributed by atoms with Crippen molar-refractivity contribution in [3.63, 3.8) is 0 Å². The Morgan fingerprint density at radius 2 is 1.81 bits per heavy atom. The number of benzene rings is 2. The van der Waals surface area contributed by atoms with E-state index in [0.29, 0.717) is 10.7 Å². The van der Waals surface area contributed by atoms with Crippen LogP contribution in [-0.2, 0) is 0 Å². The quantitative estimate of drug-likeness (QED) is 0.707. The summed E-state index contributed by atoms with van der Waals surface area (Å²) in [7, 11) is 3.10. The lowest BCUT2D eigenvalue weighted by molar-refractivity contribution is 0.0961. The molecule has 0 aliphatic carbocycles. The van der Waals surface area contributed by atoms with E-state index in [2.05, 4.69) is 15.7 Å². The van der Waals surface area contributed by atoms with Crippen molar-refractivity contribution in [2.45, 2.75) is 0 Å². The zero-order valence-corrected chi connectivity index (χ0v) is 15.4. The van der Waals surface area contributed by atoms with E-state index in [-0.39, 0.29) is 17.2 Å². The van der Waals surface area contributed by atoms with Gasteiger partial charge in [0.05, 0.1) is 23.4 Å². The van der Waals surface area contributed by atoms with Gasteiger partial charge in [-0.15, -0.1) is 0 Å². The summed E-state index contributed by atoms with van der Waals surface area (Å²) in [6, 6.07) is 13.6. The highest BCUT2D eigenvalue weighted by Gasteiger charge is 2.14. The van der Waals surface area contributed by atoms with Gasteiger partial charge in [0.2, 0.25) is 0 Å². The van der Waals surface area contributed by atoms with Gasteiger partial charge in [-0.1, -0.05) is 11.6 Å². The molecule has 7 nitrogen and oxygen atoms in total. The highest BCUT2D eigenvalue weighted by molar-refractivity contribution is 6.34. The van der Waals surface area contributed by atoms with E-state index in [1.807, 2.05) is 24.3 Å². The molecule has 0 unspecified atom stereocenters. The van der Waals surface area contributed by atoms with E-state index in [1.54, 1.807) is 36.2 Å². The standard InChI is InChI=1S/C19H17ClN4O3/c1-21-18(25)15-11-12(3-8-16(15)20)22-19(26)17-9-10-24(23-17)13-4-6-14(27-2)7-5-13/h3-11H,1-2H3,(H,21,25)(H,22,26).